The Balaban J connectivity index is 2.23. The van der Waals surface area contributed by atoms with Crippen LogP contribution in [0.3, 0.4) is 0 Å². The molecule has 0 spiro atoms. The average Bonchev–Trinajstić information content (AvgIpc) is 2.66. The van der Waals surface area contributed by atoms with Gasteiger partial charge >= 0.3 is 0 Å². The molecule has 2 aromatic carbocycles. The Morgan fingerprint density at radius 3 is 2.43 bits per heavy atom. The van der Waals surface area contributed by atoms with Crippen molar-refractivity contribution in [3.05, 3.63) is 68.7 Å². The molecule has 2 amide bonds. The maximum atomic E-state index is 13.1. The van der Waals surface area contributed by atoms with Crippen molar-refractivity contribution < 1.29 is 9.59 Å². The largest absolute Gasteiger partial charge is 0.354 e. The molecule has 0 fully saturated rings. The third-order valence-corrected chi connectivity index (χ3v) is 5.27. The number of nitrogens with one attached hydrogen (secondary N) is 1. The van der Waals surface area contributed by atoms with E-state index in [4.69, 9.17) is 34.8 Å². The Morgan fingerprint density at radius 1 is 1.04 bits per heavy atom. The predicted molar refractivity (Wildman–Crippen MR) is 115 cm³/mol. The summed E-state index contributed by atoms with van der Waals surface area (Å²) in [7, 11) is 0. The molecule has 1 atom stereocenters. The third-order valence-electron chi connectivity index (χ3n) is 4.30. The summed E-state index contributed by atoms with van der Waals surface area (Å²) in [6.45, 7) is 4.54. The second-order valence-electron chi connectivity index (χ2n) is 6.54. The number of rotatable bonds is 8. The van der Waals surface area contributed by atoms with Gasteiger partial charge in [0.2, 0.25) is 11.8 Å². The maximum absolute atomic E-state index is 13.1. The highest BCUT2D eigenvalue weighted by Gasteiger charge is 2.26. The van der Waals surface area contributed by atoms with Crippen LogP contribution in [0.15, 0.2) is 42.5 Å². The van der Waals surface area contributed by atoms with Gasteiger partial charge in [0.25, 0.3) is 0 Å². The second kappa shape index (κ2) is 10.7. The summed E-state index contributed by atoms with van der Waals surface area (Å²) < 4.78 is 0. The van der Waals surface area contributed by atoms with Gasteiger partial charge in [0.1, 0.15) is 6.04 Å². The van der Waals surface area contributed by atoms with Crippen LogP contribution in [0.2, 0.25) is 15.1 Å². The van der Waals surface area contributed by atoms with Crippen LogP contribution >= 0.6 is 34.8 Å². The lowest BCUT2D eigenvalue weighted by atomic mass is 10.1. The molecule has 150 valence electrons. The quantitative estimate of drug-likeness (QED) is 0.617. The van der Waals surface area contributed by atoms with Crippen LogP contribution < -0.4 is 5.32 Å². The first-order valence-electron chi connectivity index (χ1n) is 9.07. The molecule has 0 aliphatic carbocycles. The highest BCUT2D eigenvalue weighted by molar-refractivity contribution is 6.42. The Bertz CT molecular complexity index is 842. The Kier molecular flexibility index (Phi) is 8.61. The van der Waals surface area contributed by atoms with Crippen molar-refractivity contribution in [2.75, 3.05) is 6.54 Å². The van der Waals surface area contributed by atoms with Crippen LogP contribution in [0, 0.1) is 0 Å². The van der Waals surface area contributed by atoms with E-state index >= 15 is 0 Å². The normalized spacial score (nSPS) is 11.8. The minimum absolute atomic E-state index is 0.114. The van der Waals surface area contributed by atoms with Crippen LogP contribution in [0.4, 0.5) is 0 Å². The van der Waals surface area contributed by atoms with E-state index in [0.29, 0.717) is 21.6 Å². The molecule has 0 heterocycles. The topological polar surface area (TPSA) is 49.4 Å². The fraction of sp³-hybridized carbons (Fsp3) is 0.333. The minimum atomic E-state index is -0.624. The van der Waals surface area contributed by atoms with Gasteiger partial charge in [-0.15, -0.1) is 0 Å². The zero-order valence-electron chi connectivity index (χ0n) is 15.8. The monoisotopic (exact) mass is 440 g/mol. The second-order valence-corrected chi connectivity index (χ2v) is 7.79. The van der Waals surface area contributed by atoms with Gasteiger partial charge in [-0.1, -0.05) is 59.9 Å². The molecule has 2 aromatic rings. The van der Waals surface area contributed by atoms with E-state index in [1.165, 1.54) is 0 Å². The lowest BCUT2D eigenvalue weighted by Gasteiger charge is -2.29. The van der Waals surface area contributed by atoms with Gasteiger partial charge in [0.15, 0.2) is 0 Å². The molecular weight excluding hydrogens is 419 g/mol. The molecule has 0 bridgehead atoms. The van der Waals surface area contributed by atoms with Gasteiger partial charge in [0, 0.05) is 18.1 Å². The van der Waals surface area contributed by atoms with Gasteiger partial charge in [-0.05, 0) is 48.7 Å². The first-order valence-corrected chi connectivity index (χ1v) is 10.2. The molecule has 0 saturated heterocycles. The van der Waals surface area contributed by atoms with Crippen LogP contribution in [0.5, 0.6) is 0 Å². The first-order chi connectivity index (χ1) is 13.3. The number of carbonyl (C=O) groups is 2. The molecule has 0 radical (unpaired) electrons. The van der Waals surface area contributed by atoms with Crippen molar-refractivity contribution in [2.24, 2.45) is 0 Å². The summed E-state index contributed by atoms with van der Waals surface area (Å²) in [4.78, 5) is 27.1. The van der Waals surface area contributed by atoms with Crippen molar-refractivity contribution >= 4 is 46.6 Å². The van der Waals surface area contributed by atoms with Crippen molar-refractivity contribution in [3.63, 3.8) is 0 Å². The molecule has 1 N–H and O–H groups in total. The van der Waals surface area contributed by atoms with Crippen molar-refractivity contribution in [1.82, 2.24) is 10.2 Å². The fourth-order valence-corrected chi connectivity index (χ4v) is 3.27. The number of halogens is 3. The van der Waals surface area contributed by atoms with E-state index in [1.807, 2.05) is 19.1 Å². The average molecular weight is 442 g/mol. The minimum Gasteiger partial charge on any atom is -0.354 e. The highest BCUT2D eigenvalue weighted by Crippen LogP contribution is 2.23. The SMILES string of the molecule is CCCNC(=O)[C@@H](C)N(Cc1cccc(Cl)c1)C(=O)Cc1ccc(Cl)c(Cl)c1. The van der Waals surface area contributed by atoms with Gasteiger partial charge < -0.3 is 10.2 Å². The lowest BCUT2D eigenvalue weighted by Crippen LogP contribution is -2.48. The molecule has 0 aromatic heterocycles. The number of amides is 2. The molecule has 0 aliphatic rings. The standard InChI is InChI=1S/C21H23Cl3N2O2/c1-3-9-25-21(28)14(2)26(13-16-5-4-6-17(22)10-16)20(27)12-15-7-8-18(23)19(24)11-15/h4-8,10-11,14H,3,9,12-13H2,1-2H3,(H,25,28)/t14-/m1/s1. The van der Waals surface area contributed by atoms with Crippen LogP contribution in [-0.4, -0.2) is 29.3 Å². The molecule has 0 aliphatic heterocycles. The van der Waals surface area contributed by atoms with Gasteiger partial charge in [-0.25, -0.2) is 0 Å². The van der Waals surface area contributed by atoms with E-state index in [1.54, 1.807) is 42.2 Å². The van der Waals surface area contributed by atoms with Gasteiger partial charge in [0.05, 0.1) is 16.5 Å². The highest BCUT2D eigenvalue weighted by atomic mass is 35.5. The number of hydrogen-bond acceptors (Lipinski definition) is 2. The molecule has 28 heavy (non-hydrogen) atoms. The van der Waals surface area contributed by atoms with Gasteiger partial charge in [-0.2, -0.15) is 0 Å². The summed E-state index contributed by atoms with van der Waals surface area (Å²) in [5.41, 5.74) is 1.58. The fourth-order valence-electron chi connectivity index (χ4n) is 2.74. The molecule has 4 nitrogen and oxygen atoms in total. The first kappa shape index (κ1) is 22.5. The van der Waals surface area contributed by atoms with Crippen molar-refractivity contribution in [2.45, 2.75) is 39.3 Å². The summed E-state index contributed by atoms with van der Waals surface area (Å²) in [5, 5.41) is 4.25. The smallest absolute Gasteiger partial charge is 0.242 e. The van der Waals surface area contributed by atoms with Crippen LogP contribution in [0.25, 0.3) is 0 Å². The number of benzene rings is 2. The molecular formula is C21H23Cl3N2O2. The zero-order valence-corrected chi connectivity index (χ0v) is 18.1. The number of hydrogen-bond donors (Lipinski definition) is 1. The summed E-state index contributed by atoms with van der Waals surface area (Å²) in [6.07, 6.45) is 0.937. The summed E-state index contributed by atoms with van der Waals surface area (Å²) in [5.74, 6) is -0.371. The summed E-state index contributed by atoms with van der Waals surface area (Å²) in [6, 6.07) is 11.7. The Labute approximate surface area is 180 Å². The Morgan fingerprint density at radius 2 is 1.79 bits per heavy atom. The van der Waals surface area contributed by atoms with E-state index in [9.17, 15) is 9.59 Å². The van der Waals surface area contributed by atoms with E-state index in [0.717, 1.165) is 17.5 Å². The molecule has 0 unspecified atom stereocenters. The van der Waals surface area contributed by atoms with Crippen molar-refractivity contribution in [3.8, 4) is 0 Å². The van der Waals surface area contributed by atoms with E-state index in [2.05, 4.69) is 5.32 Å². The number of carbonyl (C=O) groups excluding carboxylic acids is 2. The molecule has 7 heteroatoms. The van der Waals surface area contributed by atoms with Crippen LogP contribution in [-0.2, 0) is 22.6 Å². The van der Waals surface area contributed by atoms with Gasteiger partial charge in [-0.3, -0.25) is 9.59 Å². The zero-order chi connectivity index (χ0) is 20.7. The van der Waals surface area contributed by atoms with E-state index in [-0.39, 0.29) is 24.8 Å². The molecule has 0 saturated carbocycles. The van der Waals surface area contributed by atoms with Crippen molar-refractivity contribution in [1.29, 1.82) is 0 Å². The van der Waals surface area contributed by atoms with E-state index < -0.39 is 6.04 Å². The maximum Gasteiger partial charge on any atom is 0.242 e. The summed E-state index contributed by atoms with van der Waals surface area (Å²) >= 11 is 18.1. The van der Waals surface area contributed by atoms with Crippen LogP contribution in [0.1, 0.15) is 31.4 Å². The predicted octanol–water partition coefficient (Wildman–Crippen LogP) is 5.13. The third kappa shape index (κ3) is 6.40. The molecule has 2 rings (SSSR count). The lowest BCUT2D eigenvalue weighted by molar-refractivity contribution is -0.140. The Hall–Kier alpha value is -1.75. The number of nitrogens with zero attached hydrogens (tertiary/aromatic N) is 1.